The minimum atomic E-state index is -0.424. The molecule has 0 saturated heterocycles. The standard InChI is InChI=1S/C16H16ClF2N/c1-2-16(12-4-3-5-13(18)9-12)20-10-11-6-7-15(19)14(17)8-11/h3-9,16,20H,2,10H2,1H3. The fourth-order valence-corrected chi connectivity index (χ4v) is 2.32. The Morgan fingerprint density at radius 3 is 2.60 bits per heavy atom. The summed E-state index contributed by atoms with van der Waals surface area (Å²) in [5, 5.41) is 3.44. The fraction of sp³-hybridized carbons (Fsp3) is 0.250. The van der Waals surface area contributed by atoms with Crippen LogP contribution in [0.15, 0.2) is 42.5 Å². The smallest absolute Gasteiger partial charge is 0.141 e. The van der Waals surface area contributed by atoms with Gasteiger partial charge in [-0.1, -0.05) is 36.7 Å². The number of hydrogen-bond donors (Lipinski definition) is 1. The van der Waals surface area contributed by atoms with Crippen LogP contribution in [0.5, 0.6) is 0 Å². The summed E-state index contributed by atoms with van der Waals surface area (Å²) in [6.45, 7) is 2.58. The van der Waals surface area contributed by atoms with Crippen molar-refractivity contribution in [2.75, 3.05) is 0 Å². The summed E-state index contributed by atoms with van der Waals surface area (Å²) in [6, 6.07) is 11.2. The van der Waals surface area contributed by atoms with E-state index in [0.717, 1.165) is 17.5 Å². The molecule has 0 bridgehead atoms. The molecular weight excluding hydrogens is 280 g/mol. The van der Waals surface area contributed by atoms with Crippen LogP contribution < -0.4 is 5.32 Å². The van der Waals surface area contributed by atoms with Crippen molar-refractivity contribution in [3.8, 4) is 0 Å². The van der Waals surface area contributed by atoms with Gasteiger partial charge in [0.05, 0.1) is 5.02 Å². The zero-order valence-corrected chi connectivity index (χ0v) is 11.9. The van der Waals surface area contributed by atoms with Crippen LogP contribution in [0.2, 0.25) is 5.02 Å². The maximum absolute atomic E-state index is 13.2. The largest absolute Gasteiger partial charge is 0.306 e. The van der Waals surface area contributed by atoms with Crippen molar-refractivity contribution >= 4 is 11.6 Å². The Morgan fingerprint density at radius 2 is 1.95 bits per heavy atom. The van der Waals surface area contributed by atoms with Crippen LogP contribution in [0, 0.1) is 11.6 Å². The molecule has 0 fully saturated rings. The van der Waals surface area contributed by atoms with Crippen molar-refractivity contribution in [2.45, 2.75) is 25.9 Å². The van der Waals surface area contributed by atoms with Crippen LogP contribution in [0.1, 0.15) is 30.5 Å². The summed E-state index contributed by atoms with van der Waals surface area (Å²) in [4.78, 5) is 0. The third-order valence-corrected chi connectivity index (χ3v) is 3.49. The van der Waals surface area contributed by atoms with E-state index < -0.39 is 5.82 Å². The average Bonchev–Trinajstić information content (AvgIpc) is 2.43. The fourth-order valence-electron chi connectivity index (χ4n) is 2.11. The zero-order chi connectivity index (χ0) is 14.5. The van der Waals surface area contributed by atoms with Crippen molar-refractivity contribution in [3.05, 3.63) is 70.2 Å². The molecule has 0 spiro atoms. The number of rotatable bonds is 5. The van der Waals surface area contributed by atoms with E-state index in [-0.39, 0.29) is 16.9 Å². The highest BCUT2D eigenvalue weighted by Crippen LogP contribution is 2.20. The zero-order valence-electron chi connectivity index (χ0n) is 11.2. The summed E-state index contributed by atoms with van der Waals surface area (Å²) < 4.78 is 26.3. The Morgan fingerprint density at radius 1 is 1.15 bits per heavy atom. The first-order valence-corrected chi connectivity index (χ1v) is 6.90. The Labute approximate surface area is 122 Å². The molecular formula is C16H16ClF2N. The summed E-state index contributed by atoms with van der Waals surface area (Å²) >= 11 is 5.75. The van der Waals surface area contributed by atoms with Crippen molar-refractivity contribution in [3.63, 3.8) is 0 Å². The van der Waals surface area contributed by atoms with Gasteiger partial charge in [0.15, 0.2) is 0 Å². The maximum atomic E-state index is 13.2. The molecule has 106 valence electrons. The van der Waals surface area contributed by atoms with E-state index >= 15 is 0 Å². The third kappa shape index (κ3) is 3.78. The second kappa shape index (κ2) is 6.82. The SMILES string of the molecule is CCC(NCc1ccc(F)c(Cl)c1)c1cccc(F)c1. The van der Waals surface area contributed by atoms with Crippen LogP contribution in [0.3, 0.4) is 0 Å². The highest BCUT2D eigenvalue weighted by Gasteiger charge is 2.10. The third-order valence-electron chi connectivity index (χ3n) is 3.20. The first-order valence-electron chi connectivity index (χ1n) is 6.53. The molecule has 0 saturated carbocycles. The predicted molar refractivity (Wildman–Crippen MR) is 77.7 cm³/mol. The number of nitrogens with one attached hydrogen (secondary N) is 1. The normalized spacial score (nSPS) is 12.4. The first-order chi connectivity index (χ1) is 9.60. The van der Waals surface area contributed by atoms with Gasteiger partial charge < -0.3 is 5.32 Å². The lowest BCUT2D eigenvalue weighted by Gasteiger charge is -2.17. The molecule has 20 heavy (non-hydrogen) atoms. The lowest BCUT2D eigenvalue weighted by molar-refractivity contribution is 0.514. The lowest BCUT2D eigenvalue weighted by Crippen LogP contribution is -2.20. The molecule has 1 N–H and O–H groups in total. The van der Waals surface area contributed by atoms with Crippen LogP contribution in [-0.2, 0) is 6.54 Å². The molecule has 0 heterocycles. The van der Waals surface area contributed by atoms with Gasteiger partial charge in [-0.15, -0.1) is 0 Å². The Hall–Kier alpha value is -1.45. The van der Waals surface area contributed by atoms with Crippen molar-refractivity contribution in [1.82, 2.24) is 5.32 Å². The van der Waals surface area contributed by atoms with Crippen molar-refractivity contribution in [2.24, 2.45) is 0 Å². The van der Waals surface area contributed by atoms with E-state index in [1.54, 1.807) is 18.2 Å². The minimum absolute atomic E-state index is 0.0505. The van der Waals surface area contributed by atoms with Gasteiger partial charge in [0.25, 0.3) is 0 Å². The number of hydrogen-bond acceptors (Lipinski definition) is 1. The highest BCUT2D eigenvalue weighted by molar-refractivity contribution is 6.30. The lowest BCUT2D eigenvalue weighted by atomic mass is 10.0. The maximum Gasteiger partial charge on any atom is 0.141 e. The highest BCUT2D eigenvalue weighted by atomic mass is 35.5. The summed E-state index contributed by atoms with van der Waals surface area (Å²) in [5.74, 6) is -0.667. The predicted octanol–water partition coefficient (Wildman–Crippen LogP) is 4.86. The second-order valence-electron chi connectivity index (χ2n) is 4.65. The van der Waals surface area contributed by atoms with Gasteiger partial charge in [0.2, 0.25) is 0 Å². The van der Waals surface area contributed by atoms with Gasteiger partial charge in [-0.3, -0.25) is 0 Å². The molecule has 0 amide bonds. The van der Waals surface area contributed by atoms with Crippen LogP contribution >= 0.6 is 11.6 Å². The van der Waals surface area contributed by atoms with Gasteiger partial charge >= 0.3 is 0 Å². The van der Waals surface area contributed by atoms with Crippen molar-refractivity contribution < 1.29 is 8.78 Å². The van der Waals surface area contributed by atoms with E-state index in [1.807, 2.05) is 13.0 Å². The van der Waals surface area contributed by atoms with Gasteiger partial charge in [-0.2, -0.15) is 0 Å². The molecule has 0 aliphatic rings. The average molecular weight is 296 g/mol. The van der Waals surface area contributed by atoms with Gasteiger partial charge in [0.1, 0.15) is 11.6 Å². The van der Waals surface area contributed by atoms with E-state index in [1.165, 1.54) is 18.2 Å². The van der Waals surface area contributed by atoms with Crippen LogP contribution in [-0.4, -0.2) is 0 Å². The molecule has 1 nitrogen and oxygen atoms in total. The molecule has 1 unspecified atom stereocenters. The summed E-state index contributed by atoms with van der Waals surface area (Å²) in [5.41, 5.74) is 1.80. The second-order valence-corrected chi connectivity index (χ2v) is 5.05. The number of halogens is 3. The molecule has 0 radical (unpaired) electrons. The molecule has 0 aliphatic heterocycles. The summed E-state index contributed by atoms with van der Waals surface area (Å²) in [6.07, 6.45) is 0.832. The topological polar surface area (TPSA) is 12.0 Å². The molecule has 0 aromatic heterocycles. The van der Waals surface area contributed by atoms with Gasteiger partial charge in [-0.05, 0) is 41.8 Å². The molecule has 0 aliphatic carbocycles. The van der Waals surface area contributed by atoms with Gasteiger partial charge in [0, 0.05) is 12.6 Å². The molecule has 1 atom stereocenters. The van der Waals surface area contributed by atoms with Crippen LogP contribution in [0.25, 0.3) is 0 Å². The first kappa shape index (κ1) is 14.9. The molecule has 4 heteroatoms. The van der Waals surface area contributed by atoms with Crippen molar-refractivity contribution in [1.29, 1.82) is 0 Å². The summed E-state index contributed by atoms with van der Waals surface area (Å²) in [7, 11) is 0. The Bertz CT molecular complexity index is 586. The minimum Gasteiger partial charge on any atom is -0.306 e. The molecule has 2 aromatic rings. The van der Waals surface area contributed by atoms with E-state index in [0.29, 0.717) is 6.54 Å². The van der Waals surface area contributed by atoms with Crippen LogP contribution in [0.4, 0.5) is 8.78 Å². The van der Waals surface area contributed by atoms with Gasteiger partial charge in [-0.25, -0.2) is 8.78 Å². The quantitative estimate of drug-likeness (QED) is 0.830. The molecule has 2 rings (SSSR count). The monoisotopic (exact) mass is 295 g/mol. The van der Waals surface area contributed by atoms with E-state index in [4.69, 9.17) is 11.6 Å². The Kier molecular flexibility index (Phi) is 5.10. The molecule has 2 aromatic carbocycles. The van der Waals surface area contributed by atoms with E-state index in [2.05, 4.69) is 5.32 Å². The number of benzene rings is 2. The van der Waals surface area contributed by atoms with E-state index in [9.17, 15) is 8.78 Å². The Balaban J connectivity index is 2.05.